The van der Waals surface area contributed by atoms with Gasteiger partial charge in [0.15, 0.2) is 5.82 Å². The van der Waals surface area contributed by atoms with E-state index in [0.717, 1.165) is 18.0 Å². The number of aromatic nitrogens is 3. The summed E-state index contributed by atoms with van der Waals surface area (Å²) in [6.07, 6.45) is 3.59. The molecule has 0 atom stereocenters. The number of halogens is 1. The van der Waals surface area contributed by atoms with Crippen LogP contribution in [0.5, 0.6) is 0 Å². The third-order valence-corrected chi connectivity index (χ3v) is 2.75. The quantitative estimate of drug-likeness (QED) is 0.742. The highest BCUT2D eigenvalue weighted by atomic mass is 32.3. The molecule has 0 fully saturated rings. The molecule has 2 aromatic heterocycles. The van der Waals surface area contributed by atoms with Crippen LogP contribution in [-0.2, 0) is 10.2 Å². The van der Waals surface area contributed by atoms with Gasteiger partial charge in [0.1, 0.15) is 4.90 Å². The number of hydrogen-bond donors (Lipinski definition) is 0. The van der Waals surface area contributed by atoms with Crippen LogP contribution < -0.4 is 0 Å². The van der Waals surface area contributed by atoms with Gasteiger partial charge in [0, 0.05) is 6.20 Å². The summed E-state index contributed by atoms with van der Waals surface area (Å²) in [7, 11) is -4.71. The molecule has 0 spiro atoms. The highest BCUT2D eigenvalue weighted by Crippen LogP contribution is 2.13. The van der Waals surface area contributed by atoms with E-state index in [0.29, 0.717) is 5.82 Å². The van der Waals surface area contributed by atoms with E-state index in [4.69, 9.17) is 0 Å². The topological polar surface area (TPSA) is 64.8 Å². The lowest BCUT2D eigenvalue weighted by Gasteiger charge is -1.99. The molecular weight excluding hydrogens is 233 g/mol. The summed E-state index contributed by atoms with van der Waals surface area (Å²) in [4.78, 5) is 3.51. The van der Waals surface area contributed by atoms with E-state index in [9.17, 15) is 12.3 Å². The summed E-state index contributed by atoms with van der Waals surface area (Å²) >= 11 is 0. The van der Waals surface area contributed by atoms with Crippen LogP contribution in [0.3, 0.4) is 0 Å². The van der Waals surface area contributed by atoms with Gasteiger partial charge in [-0.3, -0.25) is 0 Å². The first-order valence-electron chi connectivity index (χ1n) is 4.39. The predicted octanol–water partition coefficient (Wildman–Crippen LogP) is 1.23. The molecule has 0 saturated carbocycles. The average Bonchev–Trinajstić information content (AvgIpc) is 2.65. The van der Waals surface area contributed by atoms with E-state index < -0.39 is 15.1 Å². The molecule has 0 aromatic carbocycles. The van der Waals surface area contributed by atoms with Crippen molar-refractivity contribution in [2.75, 3.05) is 0 Å². The van der Waals surface area contributed by atoms with Crippen LogP contribution in [0.2, 0.25) is 0 Å². The molecule has 0 amide bonds. The standard InChI is InChI=1S/C9H8FN3O2S/c1-7-2-3-11-9(4-7)13-6-8(5-12-13)16(10,14)15/h2-6H,1H3. The third-order valence-electron chi connectivity index (χ3n) is 1.98. The molecule has 0 bridgehead atoms. The van der Waals surface area contributed by atoms with Gasteiger partial charge in [-0.15, -0.1) is 3.89 Å². The van der Waals surface area contributed by atoms with Gasteiger partial charge < -0.3 is 0 Å². The Morgan fingerprint density at radius 2 is 2.19 bits per heavy atom. The maximum absolute atomic E-state index is 12.6. The van der Waals surface area contributed by atoms with Crippen molar-refractivity contribution in [3.63, 3.8) is 0 Å². The second-order valence-electron chi connectivity index (χ2n) is 3.25. The van der Waals surface area contributed by atoms with E-state index in [1.165, 1.54) is 4.68 Å². The van der Waals surface area contributed by atoms with Crippen molar-refractivity contribution >= 4 is 10.2 Å². The van der Waals surface area contributed by atoms with E-state index in [1.54, 1.807) is 18.3 Å². The maximum atomic E-state index is 12.6. The molecule has 0 unspecified atom stereocenters. The van der Waals surface area contributed by atoms with Crippen molar-refractivity contribution in [3.8, 4) is 5.82 Å². The third kappa shape index (κ3) is 2.08. The number of pyridine rings is 1. The van der Waals surface area contributed by atoms with Crippen molar-refractivity contribution in [3.05, 3.63) is 36.3 Å². The zero-order chi connectivity index (χ0) is 11.8. The Balaban J connectivity index is 2.47. The van der Waals surface area contributed by atoms with Gasteiger partial charge in [-0.2, -0.15) is 13.5 Å². The van der Waals surface area contributed by atoms with E-state index in [-0.39, 0.29) is 0 Å². The van der Waals surface area contributed by atoms with Gasteiger partial charge in [0.25, 0.3) is 0 Å². The van der Waals surface area contributed by atoms with Gasteiger partial charge in [-0.1, -0.05) is 0 Å². The molecule has 0 radical (unpaired) electrons. The molecule has 2 heterocycles. The summed E-state index contributed by atoms with van der Waals surface area (Å²) in [5.74, 6) is 0.440. The van der Waals surface area contributed by atoms with Crippen LogP contribution in [0.25, 0.3) is 5.82 Å². The fourth-order valence-corrected chi connectivity index (χ4v) is 1.60. The number of rotatable bonds is 2. The van der Waals surface area contributed by atoms with Crippen LogP contribution in [0, 0.1) is 6.92 Å². The summed E-state index contributed by atoms with van der Waals surface area (Å²) in [5, 5.41) is 3.73. The Kier molecular flexibility index (Phi) is 2.47. The minimum Gasteiger partial charge on any atom is -0.237 e. The van der Waals surface area contributed by atoms with E-state index >= 15 is 0 Å². The lowest BCUT2D eigenvalue weighted by molar-refractivity contribution is 0.552. The van der Waals surface area contributed by atoms with Crippen molar-refractivity contribution in [1.82, 2.24) is 14.8 Å². The average molecular weight is 241 g/mol. The molecule has 2 rings (SSSR count). The lowest BCUT2D eigenvalue weighted by Crippen LogP contribution is -1.97. The molecule has 2 aromatic rings. The van der Waals surface area contributed by atoms with Crippen LogP contribution in [0.15, 0.2) is 35.6 Å². The van der Waals surface area contributed by atoms with Gasteiger partial charge in [0.2, 0.25) is 0 Å². The molecular formula is C9H8FN3O2S. The van der Waals surface area contributed by atoms with Crippen LogP contribution in [-0.4, -0.2) is 23.2 Å². The van der Waals surface area contributed by atoms with Crippen LogP contribution in [0.4, 0.5) is 3.89 Å². The molecule has 16 heavy (non-hydrogen) atoms. The maximum Gasteiger partial charge on any atom is 0.335 e. The Hall–Kier alpha value is -1.76. The number of nitrogens with zero attached hydrogens (tertiary/aromatic N) is 3. The monoisotopic (exact) mass is 241 g/mol. The fraction of sp³-hybridized carbons (Fsp3) is 0.111. The second kappa shape index (κ2) is 3.67. The van der Waals surface area contributed by atoms with Crippen molar-refractivity contribution < 1.29 is 12.3 Å². The minimum atomic E-state index is -4.71. The van der Waals surface area contributed by atoms with Gasteiger partial charge in [-0.25, -0.2) is 9.67 Å². The number of hydrogen-bond acceptors (Lipinski definition) is 4. The fourth-order valence-electron chi connectivity index (χ4n) is 1.20. The molecule has 0 aliphatic heterocycles. The van der Waals surface area contributed by atoms with Crippen LogP contribution >= 0.6 is 0 Å². The Labute approximate surface area is 91.8 Å². The van der Waals surface area contributed by atoms with Gasteiger partial charge in [-0.05, 0) is 24.6 Å². The zero-order valence-electron chi connectivity index (χ0n) is 8.33. The highest BCUT2D eigenvalue weighted by Gasteiger charge is 2.15. The molecule has 7 heteroatoms. The zero-order valence-corrected chi connectivity index (χ0v) is 9.15. The Bertz CT molecular complexity index is 621. The van der Waals surface area contributed by atoms with Gasteiger partial charge >= 0.3 is 10.2 Å². The highest BCUT2D eigenvalue weighted by molar-refractivity contribution is 7.86. The smallest absolute Gasteiger partial charge is 0.237 e. The van der Waals surface area contributed by atoms with Crippen molar-refractivity contribution in [1.29, 1.82) is 0 Å². The number of aryl methyl sites for hydroxylation is 1. The second-order valence-corrected chi connectivity index (χ2v) is 4.60. The largest absolute Gasteiger partial charge is 0.335 e. The first kappa shape index (κ1) is 10.7. The van der Waals surface area contributed by atoms with Crippen molar-refractivity contribution in [2.45, 2.75) is 11.8 Å². The Morgan fingerprint density at radius 1 is 1.44 bits per heavy atom. The SMILES string of the molecule is Cc1ccnc(-n2cc(S(=O)(=O)F)cn2)c1. The summed E-state index contributed by atoms with van der Waals surface area (Å²) in [6, 6.07) is 3.50. The summed E-state index contributed by atoms with van der Waals surface area (Å²) in [5.41, 5.74) is 0.949. The predicted molar refractivity (Wildman–Crippen MR) is 54.4 cm³/mol. The molecule has 84 valence electrons. The minimum absolute atomic E-state index is 0.440. The lowest BCUT2D eigenvalue weighted by atomic mass is 10.3. The van der Waals surface area contributed by atoms with Crippen molar-refractivity contribution in [2.24, 2.45) is 0 Å². The molecule has 0 saturated heterocycles. The van der Waals surface area contributed by atoms with Crippen LogP contribution in [0.1, 0.15) is 5.56 Å². The first-order chi connectivity index (χ1) is 7.47. The van der Waals surface area contributed by atoms with E-state index in [2.05, 4.69) is 10.1 Å². The molecule has 0 N–H and O–H groups in total. The normalized spacial score (nSPS) is 11.6. The Morgan fingerprint density at radius 3 is 2.75 bits per heavy atom. The molecule has 0 aliphatic carbocycles. The summed E-state index contributed by atoms with van der Waals surface area (Å²) in [6.45, 7) is 1.86. The van der Waals surface area contributed by atoms with E-state index in [1.807, 2.05) is 6.92 Å². The molecule has 0 aliphatic rings. The molecule has 5 nitrogen and oxygen atoms in total. The van der Waals surface area contributed by atoms with Gasteiger partial charge in [0.05, 0.1) is 12.4 Å². The first-order valence-corrected chi connectivity index (χ1v) is 5.77. The summed E-state index contributed by atoms with van der Waals surface area (Å²) < 4.78 is 35.0.